The Labute approximate surface area is 111 Å². The van der Waals surface area contributed by atoms with Crippen LogP contribution in [0.3, 0.4) is 0 Å². The van der Waals surface area contributed by atoms with E-state index in [-0.39, 0.29) is 5.78 Å². The maximum atomic E-state index is 11.4. The zero-order valence-corrected chi connectivity index (χ0v) is 11.3. The van der Waals surface area contributed by atoms with Gasteiger partial charge in [0.1, 0.15) is 0 Å². The van der Waals surface area contributed by atoms with Crippen LogP contribution in [0, 0.1) is 6.92 Å². The first-order chi connectivity index (χ1) is 8.56. The number of nitrogen functional groups attached to an aromatic ring is 1. The van der Waals surface area contributed by atoms with Crippen molar-refractivity contribution in [1.82, 2.24) is 0 Å². The van der Waals surface area contributed by atoms with Gasteiger partial charge in [-0.05, 0) is 44.2 Å². The number of hydrogen-bond acceptors (Lipinski definition) is 3. The highest BCUT2D eigenvalue weighted by molar-refractivity contribution is 7.99. The van der Waals surface area contributed by atoms with Gasteiger partial charge in [-0.3, -0.25) is 4.79 Å². The van der Waals surface area contributed by atoms with Crippen LogP contribution in [0.1, 0.15) is 22.8 Å². The second kappa shape index (κ2) is 5.27. The molecule has 0 aliphatic carbocycles. The number of hydrogen-bond donors (Lipinski definition) is 1. The molecule has 0 atom stereocenters. The number of anilines is 1. The molecule has 0 spiro atoms. The van der Waals surface area contributed by atoms with E-state index >= 15 is 0 Å². The Morgan fingerprint density at radius 1 is 1.11 bits per heavy atom. The van der Waals surface area contributed by atoms with E-state index in [4.69, 9.17) is 5.73 Å². The highest BCUT2D eigenvalue weighted by atomic mass is 32.2. The van der Waals surface area contributed by atoms with Crippen LogP contribution in [-0.4, -0.2) is 5.78 Å². The second-order valence-corrected chi connectivity index (χ2v) is 5.37. The van der Waals surface area contributed by atoms with Crippen LogP contribution in [0.5, 0.6) is 0 Å². The first-order valence-corrected chi connectivity index (χ1v) is 6.53. The molecule has 0 aliphatic rings. The number of carbonyl (C=O) groups excluding carboxylic acids is 1. The van der Waals surface area contributed by atoms with Crippen LogP contribution in [-0.2, 0) is 0 Å². The molecule has 3 heteroatoms. The Kier molecular flexibility index (Phi) is 3.72. The number of aryl methyl sites for hydroxylation is 1. The van der Waals surface area contributed by atoms with Gasteiger partial charge in [0, 0.05) is 21.0 Å². The van der Waals surface area contributed by atoms with E-state index in [1.807, 2.05) is 18.2 Å². The maximum Gasteiger partial charge on any atom is 0.161 e. The highest BCUT2D eigenvalue weighted by Crippen LogP contribution is 2.30. The highest BCUT2D eigenvalue weighted by Gasteiger charge is 2.06. The summed E-state index contributed by atoms with van der Waals surface area (Å²) >= 11 is 1.63. The van der Waals surface area contributed by atoms with Crippen molar-refractivity contribution in [3.05, 3.63) is 53.6 Å². The molecule has 2 rings (SSSR count). The summed E-state index contributed by atoms with van der Waals surface area (Å²) < 4.78 is 0. The van der Waals surface area contributed by atoms with Crippen molar-refractivity contribution >= 4 is 23.2 Å². The van der Waals surface area contributed by atoms with Crippen LogP contribution in [0.4, 0.5) is 5.69 Å². The molecule has 0 fully saturated rings. The van der Waals surface area contributed by atoms with Crippen LogP contribution < -0.4 is 5.73 Å². The van der Waals surface area contributed by atoms with E-state index < -0.39 is 0 Å². The van der Waals surface area contributed by atoms with Gasteiger partial charge < -0.3 is 5.73 Å². The molecule has 92 valence electrons. The van der Waals surface area contributed by atoms with Gasteiger partial charge in [-0.15, -0.1) is 0 Å². The van der Waals surface area contributed by atoms with E-state index in [2.05, 4.69) is 25.1 Å². The van der Waals surface area contributed by atoms with Gasteiger partial charge >= 0.3 is 0 Å². The van der Waals surface area contributed by atoms with Gasteiger partial charge in [-0.1, -0.05) is 29.5 Å². The Morgan fingerprint density at radius 3 is 2.50 bits per heavy atom. The molecule has 0 saturated carbocycles. The zero-order chi connectivity index (χ0) is 13.1. The van der Waals surface area contributed by atoms with Crippen molar-refractivity contribution in [2.75, 3.05) is 5.73 Å². The molecule has 0 amide bonds. The topological polar surface area (TPSA) is 43.1 Å². The number of rotatable bonds is 3. The number of benzene rings is 2. The minimum absolute atomic E-state index is 0.000748. The first-order valence-electron chi connectivity index (χ1n) is 5.71. The summed E-state index contributed by atoms with van der Waals surface area (Å²) in [4.78, 5) is 13.6. The molecular weight excluding hydrogens is 242 g/mol. The van der Waals surface area contributed by atoms with E-state index in [0.29, 0.717) is 11.3 Å². The molecule has 0 heterocycles. The molecule has 0 saturated heterocycles. The molecule has 0 bridgehead atoms. The standard InChI is InChI=1S/C15H15NOS/c1-10-4-3-5-12(8-10)18-13-6-7-15(16)14(9-13)11(2)17/h3-9H,16H2,1-2H3. The molecule has 0 radical (unpaired) electrons. The van der Waals surface area contributed by atoms with E-state index in [9.17, 15) is 4.79 Å². The Bertz CT molecular complexity index is 593. The maximum absolute atomic E-state index is 11.4. The fourth-order valence-electron chi connectivity index (χ4n) is 1.72. The largest absolute Gasteiger partial charge is 0.398 e. The van der Waals surface area contributed by atoms with Crippen molar-refractivity contribution < 1.29 is 4.79 Å². The fraction of sp³-hybridized carbons (Fsp3) is 0.133. The smallest absolute Gasteiger partial charge is 0.161 e. The summed E-state index contributed by atoms with van der Waals surface area (Å²) in [5.74, 6) is -0.000748. The van der Waals surface area contributed by atoms with Gasteiger partial charge in [0.25, 0.3) is 0 Å². The van der Waals surface area contributed by atoms with Gasteiger partial charge in [0.15, 0.2) is 5.78 Å². The zero-order valence-electron chi connectivity index (χ0n) is 10.4. The first kappa shape index (κ1) is 12.7. The van der Waals surface area contributed by atoms with Gasteiger partial charge in [-0.2, -0.15) is 0 Å². The Hall–Kier alpha value is -1.74. The summed E-state index contributed by atoms with van der Waals surface area (Å²) in [5.41, 5.74) is 8.13. The summed E-state index contributed by atoms with van der Waals surface area (Å²) in [7, 11) is 0. The van der Waals surface area contributed by atoms with E-state index in [1.54, 1.807) is 17.8 Å². The predicted octanol–water partition coefficient (Wildman–Crippen LogP) is 3.93. The summed E-state index contributed by atoms with van der Waals surface area (Å²) in [5, 5.41) is 0. The number of nitrogens with two attached hydrogens (primary N) is 1. The number of carbonyl (C=O) groups is 1. The number of ketones is 1. The minimum Gasteiger partial charge on any atom is -0.398 e. The summed E-state index contributed by atoms with van der Waals surface area (Å²) in [6.07, 6.45) is 0. The Balaban J connectivity index is 2.30. The molecule has 2 aromatic rings. The van der Waals surface area contributed by atoms with E-state index in [1.165, 1.54) is 12.5 Å². The number of Topliss-reactive ketones (excluding diaryl/α,β-unsaturated/α-hetero) is 1. The molecule has 18 heavy (non-hydrogen) atoms. The average Bonchev–Trinajstić information content (AvgIpc) is 2.31. The summed E-state index contributed by atoms with van der Waals surface area (Å²) in [6.45, 7) is 3.60. The van der Waals surface area contributed by atoms with Crippen molar-refractivity contribution in [1.29, 1.82) is 0 Å². The third-order valence-corrected chi connectivity index (χ3v) is 3.61. The Morgan fingerprint density at radius 2 is 1.83 bits per heavy atom. The minimum atomic E-state index is -0.000748. The predicted molar refractivity (Wildman–Crippen MR) is 76.2 cm³/mol. The lowest BCUT2D eigenvalue weighted by atomic mass is 10.1. The second-order valence-electron chi connectivity index (χ2n) is 4.22. The third kappa shape index (κ3) is 2.93. The van der Waals surface area contributed by atoms with Crippen molar-refractivity contribution in [2.45, 2.75) is 23.6 Å². The van der Waals surface area contributed by atoms with Crippen molar-refractivity contribution in [3.8, 4) is 0 Å². The van der Waals surface area contributed by atoms with Crippen LogP contribution >= 0.6 is 11.8 Å². The van der Waals surface area contributed by atoms with Gasteiger partial charge in [-0.25, -0.2) is 0 Å². The van der Waals surface area contributed by atoms with Crippen molar-refractivity contribution in [3.63, 3.8) is 0 Å². The van der Waals surface area contributed by atoms with Gasteiger partial charge in [0.05, 0.1) is 0 Å². The molecule has 2 N–H and O–H groups in total. The molecule has 0 aliphatic heterocycles. The molecular formula is C15H15NOS. The molecule has 0 aromatic heterocycles. The third-order valence-electron chi connectivity index (χ3n) is 2.63. The normalized spacial score (nSPS) is 10.3. The lowest BCUT2D eigenvalue weighted by molar-refractivity contribution is 0.101. The van der Waals surface area contributed by atoms with Crippen molar-refractivity contribution in [2.24, 2.45) is 0 Å². The lowest BCUT2D eigenvalue weighted by Gasteiger charge is -2.06. The fourth-order valence-corrected chi connectivity index (χ4v) is 2.70. The van der Waals surface area contributed by atoms with Gasteiger partial charge in [0.2, 0.25) is 0 Å². The molecule has 2 nitrogen and oxygen atoms in total. The van der Waals surface area contributed by atoms with E-state index in [0.717, 1.165) is 9.79 Å². The van der Waals surface area contributed by atoms with Crippen LogP contribution in [0.25, 0.3) is 0 Å². The SMILES string of the molecule is CC(=O)c1cc(Sc2cccc(C)c2)ccc1N. The van der Waals surface area contributed by atoms with Crippen LogP contribution in [0.15, 0.2) is 52.3 Å². The van der Waals surface area contributed by atoms with Crippen LogP contribution in [0.2, 0.25) is 0 Å². The summed E-state index contributed by atoms with van der Waals surface area (Å²) in [6, 6.07) is 13.8. The average molecular weight is 257 g/mol. The molecule has 2 aromatic carbocycles. The quantitative estimate of drug-likeness (QED) is 0.669. The lowest BCUT2D eigenvalue weighted by Crippen LogP contribution is -1.99. The molecule has 0 unspecified atom stereocenters. The monoisotopic (exact) mass is 257 g/mol.